The van der Waals surface area contributed by atoms with Crippen LogP contribution in [0.25, 0.3) is 26.6 Å². The fraction of sp³-hybridized carbons (Fsp3) is 0.360. The molecule has 3 amide bonds. The average molecular weight is 927 g/mol. The molecule has 0 spiro atoms. The van der Waals surface area contributed by atoms with Gasteiger partial charge in [0, 0.05) is 29.0 Å². The molecule has 1 fully saturated rings. The molecule has 6 aromatic rings. The van der Waals surface area contributed by atoms with Gasteiger partial charge in [-0.1, -0.05) is 93.6 Å². The Morgan fingerprint density at radius 2 is 1.59 bits per heavy atom. The van der Waals surface area contributed by atoms with E-state index in [4.69, 9.17) is 4.99 Å². The van der Waals surface area contributed by atoms with Crippen molar-refractivity contribution in [2.75, 3.05) is 6.54 Å². The summed E-state index contributed by atoms with van der Waals surface area (Å²) in [7, 11) is 0. The van der Waals surface area contributed by atoms with Gasteiger partial charge in [-0.15, -0.1) is 32.9 Å². The molecule has 2 aliphatic heterocycles. The number of hydrogen-bond acceptors (Lipinski definition) is 11. The number of hydrogen-bond donors (Lipinski definition) is 4. The van der Waals surface area contributed by atoms with Crippen molar-refractivity contribution < 1.29 is 29.4 Å². The number of aliphatic imine (C=N–C) groups is 1. The zero-order chi connectivity index (χ0) is 47.2. The van der Waals surface area contributed by atoms with Crippen LogP contribution in [0.15, 0.2) is 83.3 Å². The number of thiazole rings is 1. The third kappa shape index (κ3) is 9.35. The summed E-state index contributed by atoms with van der Waals surface area (Å²) in [5.74, 6) is -0.976. The number of amides is 3. The second-order valence-electron chi connectivity index (χ2n) is 18.3. The van der Waals surface area contributed by atoms with Gasteiger partial charge in [0.25, 0.3) is 0 Å². The lowest BCUT2D eigenvalue weighted by Gasteiger charge is -2.35. The van der Waals surface area contributed by atoms with Gasteiger partial charge in [-0.2, -0.15) is 0 Å². The summed E-state index contributed by atoms with van der Waals surface area (Å²) in [5.41, 5.74) is 10.0. The van der Waals surface area contributed by atoms with Crippen molar-refractivity contribution in [1.29, 1.82) is 0 Å². The van der Waals surface area contributed by atoms with Crippen LogP contribution in [0.1, 0.15) is 103 Å². The topological polar surface area (TPSA) is 192 Å². The molecule has 2 aliphatic rings. The molecule has 0 saturated carbocycles. The normalized spacial score (nSPS) is 17.9. The molecular weight excluding hydrogens is 873 g/mol. The van der Waals surface area contributed by atoms with E-state index < -0.39 is 41.5 Å². The number of carbonyl (C=O) groups is 4. The van der Waals surface area contributed by atoms with E-state index in [1.807, 2.05) is 131 Å². The van der Waals surface area contributed by atoms with Crippen molar-refractivity contribution in [3.63, 3.8) is 0 Å². The highest BCUT2D eigenvalue weighted by Crippen LogP contribution is 2.40. The molecule has 3 aromatic heterocycles. The van der Waals surface area contributed by atoms with Gasteiger partial charge >= 0.3 is 5.97 Å². The number of aliphatic hydroxyl groups excluding tert-OH is 1. The second-order valence-corrected chi connectivity index (χ2v) is 20.4. The number of carboxylic acids is 1. The van der Waals surface area contributed by atoms with Crippen LogP contribution in [-0.2, 0) is 25.6 Å². The summed E-state index contributed by atoms with van der Waals surface area (Å²) in [6.07, 6.45) is -1.04. The number of β-amino-alcohol motifs (C(OH)–C–C–N with tert-alkyl or cyclic N) is 1. The summed E-state index contributed by atoms with van der Waals surface area (Å²) in [4.78, 5) is 67.0. The molecule has 2 unspecified atom stereocenters. The molecule has 0 aliphatic carbocycles. The number of rotatable bonds is 12. The third-order valence-corrected chi connectivity index (χ3v) is 14.6. The van der Waals surface area contributed by atoms with Crippen LogP contribution in [0.4, 0.5) is 0 Å². The molecule has 5 atom stereocenters. The maximum atomic E-state index is 14.4. The molecule has 0 bridgehead atoms. The average Bonchev–Trinajstić information content (AvgIpc) is 4.04. The number of carbonyl (C=O) groups excluding carboxylic acids is 3. The zero-order valence-electron chi connectivity index (χ0n) is 38.2. The number of nitrogens with zero attached hydrogens (tertiary/aromatic N) is 6. The van der Waals surface area contributed by atoms with Gasteiger partial charge < -0.3 is 25.7 Å². The van der Waals surface area contributed by atoms with Gasteiger partial charge in [-0.25, -0.2) is 4.98 Å². The van der Waals surface area contributed by atoms with E-state index in [1.165, 1.54) is 4.90 Å². The minimum Gasteiger partial charge on any atom is -0.481 e. The summed E-state index contributed by atoms with van der Waals surface area (Å²) in [5, 5.41) is 36.2. The largest absolute Gasteiger partial charge is 0.481 e. The van der Waals surface area contributed by atoms with Gasteiger partial charge in [0.15, 0.2) is 5.82 Å². The fourth-order valence-electron chi connectivity index (χ4n) is 8.78. The van der Waals surface area contributed by atoms with Crippen LogP contribution < -0.4 is 10.6 Å². The third-order valence-electron chi connectivity index (χ3n) is 12.5. The summed E-state index contributed by atoms with van der Waals surface area (Å²) >= 11 is 3.18. The Hall–Kier alpha value is -6.36. The fourth-order valence-corrected chi connectivity index (χ4v) is 10.8. The molecule has 342 valence electrons. The van der Waals surface area contributed by atoms with Crippen molar-refractivity contribution in [2.24, 2.45) is 10.4 Å². The van der Waals surface area contributed by atoms with Crippen LogP contribution in [0, 0.1) is 33.1 Å². The van der Waals surface area contributed by atoms with E-state index in [-0.39, 0.29) is 43.7 Å². The number of likely N-dealkylation sites (tertiary alicyclic amines) is 1. The first-order chi connectivity index (χ1) is 31.4. The lowest BCUT2D eigenvalue weighted by molar-refractivity contribution is -0.144. The predicted octanol–water partition coefficient (Wildman–Crippen LogP) is 7.63. The number of aryl methyl sites for hydroxylation is 3. The summed E-state index contributed by atoms with van der Waals surface area (Å²) in [6, 6.07) is 20.6. The molecule has 66 heavy (non-hydrogen) atoms. The smallest absolute Gasteiger partial charge is 0.306 e. The van der Waals surface area contributed by atoms with Gasteiger partial charge in [0.1, 0.15) is 29.0 Å². The number of carboxylic acid groups (broad SMARTS) is 1. The first-order valence-corrected chi connectivity index (χ1v) is 23.7. The number of aromatic nitrogens is 4. The Morgan fingerprint density at radius 3 is 2.26 bits per heavy atom. The van der Waals surface area contributed by atoms with Crippen molar-refractivity contribution in [2.45, 2.75) is 105 Å². The van der Waals surface area contributed by atoms with E-state index in [2.05, 4.69) is 32.7 Å². The Kier molecular flexibility index (Phi) is 12.9. The number of benzene rings is 3. The molecule has 0 radical (unpaired) electrons. The molecule has 4 N–H and O–H groups in total. The molecule has 14 nitrogen and oxygen atoms in total. The van der Waals surface area contributed by atoms with Crippen LogP contribution in [0.2, 0.25) is 0 Å². The SMILES string of the molecule is Cc1ncsc1-c1ccc(C(C)NC(=O)[C@@H]2C[C@@H](O)CN2C(=O)C(NC(=O)Cc2cccc(-c3ccc(C4=N[C@@H](CC(=O)O)c5nnc(C)n5-c5sc(C)c(C)c54)cc3)c2)C(C)(C)C)cc1. The number of thiophene rings is 1. The zero-order valence-corrected chi connectivity index (χ0v) is 39.9. The first kappa shape index (κ1) is 46.2. The van der Waals surface area contributed by atoms with E-state index in [0.717, 1.165) is 65.0 Å². The molecular formula is C50H54N8O6S2. The lowest BCUT2D eigenvalue weighted by Crippen LogP contribution is -2.58. The Labute approximate surface area is 391 Å². The Balaban J connectivity index is 0.957. The standard InChI is InChI=1S/C50H54N8O6S2/c1-26-29(4)66-49-42(26)43(53-38(23-41(61)62)46-56-55-30(5)58(46)49)34-16-14-33(15-17-34)36-11-9-10-31(20-36)21-40(60)54-45(50(6,7)8)48(64)57-24-37(59)22-39(57)47(63)52-27(2)32-12-18-35(19-13-32)44-28(3)51-25-65-44/h9-20,25,27,37-39,45,59H,21-24H2,1-8H3,(H,52,63)(H,54,60)(H,61,62)/t27?,37-,38+,39+,45?/m1/s1. The van der Waals surface area contributed by atoms with Crippen LogP contribution in [0.5, 0.6) is 0 Å². The maximum absolute atomic E-state index is 14.4. The Bertz CT molecular complexity index is 2860. The number of aliphatic hydroxyl groups is 1. The molecule has 3 aromatic carbocycles. The van der Waals surface area contributed by atoms with Crippen molar-refractivity contribution in [3.8, 4) is 26.6 Å². The van der Waals surface area contributed by atoms with Crippen LogP contribution in [-0.4, -0.2) is 89.0 Å². The number of fused-ring (bicyclic) bond motifs is 3. The van der Waals surface area contributed by atoms with Gasteiger partial charge in [0.2, 0.25) is 17.7 Å². The van der Waals surface area contributed by atoms with Crippen molar-refractivity contribution >= 4 is 52.1 Å². The highest BCUT2D eigenvalue weighted by molar-refractivity contribution is 7.15. The van der Waals surface area contributed by atoms with Crippen LogP contribution in [0.3, 0.4) is 0 Å². The first-order valence-electron chi connectivity index (χ1n) is 22.0. The highest BCUT2D eigenvalue weighted by atomic mass is 32.1. The molecule has 16 heteroatoms. The number of aliphatic carboxylic acids is 1. The van der Waals surface area contributed by atoms with E-state index in [1.54, 1.807) is 22.7 Å². The van der Waals surface area contributed by atoms with Gasteiger partial charge in [-0.3, -0.25) is 28.7 Å². The van der Waals surface area contributed by atoms with E-state index in [9.17, 15) is 29.4 Å². The second kappa shape index (κ2) is 18.5. The quantitative estimate of drug-likeness (QED) is 0.0956. The molecule has 8 rings (SSSR count). The summed E-state index contributed by atoms with van der Waals surface area (Å²) < 4.78 is 1.93. The minimum absolute atomic E-state index is 0.00162. The Morgan fingerprint density at radius 1 is 0.894 bits per heavy atom. The highest BCUT2D eigenvalue weighted by Gasteiger charge is 2.45. The van der Waals surface area contributed by atoms with E-state index in [0.29, 0.717) is 17.4 Å². The molecule has 1 saturated heterocycles. The molecule has 5 heterocycles. The van der Waals surface area contributed by atoms with Crippen molar-refractivity contribution in [3.05, 3.63) is 128 Å². The predicted molar refractivity (Wildman–Crippen MR) is 256 cm³/mol. The monoisotopic (exact) mass is 926 g/mol. The lowest BCUT2D eigenvalue weighted by atomic mass is 9.85. The number of nitrogens with one attached hydrogen (secondary N) is 2. The van der Waals surface area contributed by atoms with Crippen LogP contribution >= 0.6 is 22.7 Å². The summed E-state index contributed by atoms with van der Waals surface area (Å²) in [6.45, 7) is 15.4. The maximum Gasteiger partial charge on any atom is 0.306 e. The van der Waals surface area contributed by atoms with E-state index >= 15 is 0 Å². The van der Waals surface area contributed by atoms with Gasteiger partial charge in [0.05, 0.1) is 46.8 Å². The van der Waals surface area contributed by atoms with Crippen molar-refractivity contribution in [1.82, 2.24) is 35.3 Å². The minimum atomic E-state index is -0.982. The van der Waals surface area contributed by atoms with Gasteiger partial charge in [-0.05, 0) is 73.4 Å².